The summed E-state index contributed by atoms with van der Waals surface area (Å²) in [5.74, 6) is 0.371. The molecule has 0 radical (unpaired) electrons. The molecule has 15 heavy (non-hydrogen) atoms. The van der Waals surface area contributed by atoms with Crippen LogP contribution in [0.4, 0.5) is 16.4 Å². The van der Waals surface area contributed by atoms with Crippen LogP contribution in [0.5, 0.6) is 0 Å². The molecule has 0 atom stereocenters. The second kappa shape index (κ2) is 3.78. The lowest BCUT2D eigenvalue weighted by molar-refractivity contribution is 0.262. The van der Waals surface area contributed by atoms with Gasteiger partial charge < -0.3 is 9.88 Å². The SMILES string of the molecule is Cn1cnnc1NC(=O)Nc1cn[nH]c1. The summed E-state index contributed by atoms with van der Waals surface area (Å²) in [7, 11) is 1.73. The fourth-order valence-corrected chi connectivity index (χ4v) is 0.980. The molecule has 0 unspecified atom stereocenters. The highest BCUT2D eigenvalue weighted by Gasteiger charge is 2.06. The average Bonchev–Trinajstić information content (AvgIpc) is 2.79. The van der Waals surface area contributed by atoms with Crippen LogP contribution in [0.15, 0.2) is 18.7 Å². The molecular formula is C7H9N7O. The Labute approximate surface area is 84.7 Å². The largest absolute Gasteiger partial charge is 0.326 e. The molecular weight excluding hydrogens is 198 g/mol. The van der Waals surface area contributed by atoms with E-state index in [0.29, 0.717) is 11.6 Å². The Hall–Kier alpha value is -2.38. The third-order valence-electron chi connectivity index (χ3n) is 1.69. The van der Waals surface area contributed by atoms with Gasteiger partial charge in [0.15, 0.2) is 0 Å². The van der Waals surface area contributed by atoms with Crippen LogP contribution in [0.25, 0.3) is 0 Å². The van der Waals surface area contributed by atoms with Gasteiger partial charge >= 0.3 is 6.03 Å². The van der Waals surface area contributed by atoms with Crippen molar-refractivity contribution in [1.82, 2.24) is 25.0 Å². The van der Waals surface area contributed by atoms with E-state index in [4.69, 9.17) is 0 Å². The number of urea groups is 1. The molecule has 8 heteroatoms. The second-order valence-electron chi connectivity index (χ2n) is 2.83. The van der Waals surface area contributed by atoms with Crippen LogP contribution in [0.2, 0.25) is 0 Å². The predicted molar refractivity (Wildman–Crippen MR) is 52.2 cm³/mol. The monoisotopic (exact) mass is 207 g/mol. The van der Waals surface area contributed by atoms with Gasteiger partial charge in [-0.15, -0.1) is 10.2 Å². The topological polar surface area (TPSA) is 101 Å². The number of rotatable bonds is 2. The van der Waals surface area contributed by atoms with Crippen molar-refractivity contribution in [2.24, 2.45) is 7.05 Å². The smallest absolute Gasteiger partial charge is 0.305 e. The van der Waals surface area contributed by atoms with Gasteiger partial charge in [-0.2, -0.15) is 5.10 Å². The van der Waals surface area contributed by atoms with Crippen molar-refractivity contribution in [2.45, 2.75) is 0 Å². The number of aromatic nitrogens is 5. The van der Waals surface area contributed by atoms with Gasteiger partial charge in [0, 0.05) is 13.2 Å². The molecule has 0 saturated heterocycles. The molecule has 2 heterocycles. The normalized spacial score (nSPS) is 9.93. The average molecular weight is 207 g/mol. The lowest BCUT2D eigenvalue weighted by atomic mass is 10.6. The van der Waals surface area contributed by atoms with Crippen LogP contribution in [0, 0.1) is 0 Å². The van der Waals surface area contributed by atoms with Gasteiger partial charge in [0.1, 0.15) is 6.33 Å². The van der Waals surface area contributed by atoms with Crippen molar-refractivity contribution in [3.8, 4) is 0 Å². The van der Waals surface area contributed by atoms with Crippen molar-refractivity contribution >= 4 is 17.7 Å². The first-order chi connectivity index (χ1) is 7.25. The molecule has 0 fully saturated rings. The van der Waals surface area contributed by atoms with Crippen molar-refractivity contribution < 1.29 is 4.79 Å². The predicted octanol–water partition coefficient (Wildman–Crippen LogP) is 0.182. The Morgan fingerprint density at radius 2 is 2.40 bits per heavy atom. The van der Waals surface area contributed by atoms with Crippen molar-refractivity contribution in [2.75, 3.05) is 10.6 Å². The van der Waals surface area contributed by atoms with Gasteiger partial charge in [0.05, 0.1) is 11.9 Å². The minimum atomic E-state index is -0.396. The third-order valence-corrected chi connectivity index (χ3v) is 1.69. The van der Waals surface area contributed by atoms with E-state index in [-0.39, 0.29) is 0 Å². The van der Waals surface area contributed by atoms with E-state index in [9.17, 15) is 4.79 Å². The highest BCUT2D eigenvalue weighted by Crippen LogP contribution is 2.03. The number of hydrogen-bond donors (Lipinski definition) is 3. The number of amides is 2. The number of anilines is 2. The van der Waals surface area contributed by atoms with Crippen molar-refractivity contribution in [3.63, 3.8) is 0 Å². The Kier molecular flexibility index (Phi) is 2.31. The summed E-state index contributed by atoms with van der Waals surface area (Å²) in [6.45, 7) is 0. The first-order valence-corrected chi connectivity index (χ1v) is 4.16. The number of nitrogens with zero attached hydrogens (tertiary/aromatic N) is 4. The zero-order valence-electron chi connectivity index (χ0n) is 7.93. The maximum atomic E-state index is 11.4. The molecule has 3 N–H and O–H groups in total. The van der Waals surface area contributed by atoms with Gasteiger partial charge in [-0.3, -0.25) is 10.4 Å². The summed E-state index contributed by atoms with van der Waals surface area (Å²) in [5.41, 5.74) is 0.578. The number of H-pyrrole nitrogens is 1. The first-order valence-electron chi connectivity index (χ1n) is 4.16. The first kappa shape index (κ1) is 9.19. The molecule has 0 aliphatic carbocycles. The molecule has 2 rings (SSSR count). The van der Waals surface area contributed by atoms with Gasteiger partial charge in [-0.1, -0.05) is 0 Å². The number of carbonyl (C=O) groups is 1. The minimum absolute atomic E-state index is 0.371. The highest BCUT2D eigenvalue weighted by molar-refractivity contribution is 5.98. The van der Waals surface area contributed by atoms with Crippen LogP contribution in [-0.4, -0.2) is 31.0 Å². The molecule has 0 aromatic carbocycles. The van der Waals surface area contributed by atoms with E-state index in [2.05, 4.69) is 31.0 Å². The van der Waals surface area contributed by atoms with Gasteiger partial charge in [-0.05, 0) is 0 Å². The number of hydrogen-bond acceptors (Lipinski definition) is 4. The maximum Gasteiger partial charge on any atom is 0.326 e. The Bertz CT molecular complexity index is 446. The molecule has 8 nitrogen and oxygen atoms in total. The van der Waals surface area contributed by atoms with Crippen LogP contribution in [0.3, 0.4) is 0 Å². The van der Waals surface area contributed by atoms with Crippen LogP contribution >= 0.6 is 0 Å². The molecule has 2 aromatic rings. The summed E-state index contributed by atoms with van der Waals surface area (Å²) in [6.07, 6.45) is 4.56. The lowest BCUT2D eigenvalue weighted by Crippen LogP contribution is -2.21. The fourth-order valence-electron chi connectivity index (χ4n) is 0.980. The van der Waals surface area contributed by atoms with Gasteiger partial charge in [0.25, 0.3) is 0 Å². The molecule has 0 aliphatic heterocycles. The molecule has 0 spiro atoms. The molecule has 0 bridgehead atoms. The van der Waals surface area contributed by atoms with Gasteiger partial charge in [-0.25, -0.2) is 4.79 Å². The fraction of sp³-hybridized carbons (Fsp3) is 0.143. The summed E-state index contributed by atoms with van der Waals surface area (Å²) in [5, 5.41) is 18.7. The number of nitrogens with one attached hydrogen (secondary N) is 3. The molecule has 2 aromatic heterocycles. The van der Waals surface area contributed by atoms with Crippen molar-refractivity contribution in [1.29, 1.82) is 0 Å². The van der Waals surface area contributed by atoms with E-state index in [0.717, 1.165) is 0 Å². The lowest BCUT2D eigenvalue weighted by Gasteiger charge is -2.03. The van der Waals surface area contributed by atoms with Crippen molar-refractivity contribution in [3.05, 3.63) is 18.7 Å². The summed E-state index contributed by atoms with van der Waals surface area (Å²) < 4.78 is 1.59. The van der Waals surface area contributed by atoms with Crippen LogP contribution in [0.1, 0.15) is 0 Å². The van der Waals surface area contributed by atoms with E-state index in [1.807, 2.05) is 0 Å². The van der Waals surface area contributed by atoms with E-state index in [1.165, 1.54) is 12.5 Å². The van der Waals surface area contributed by atoms with E-state index in [1.54, 1.807) is 17.8 Å². The minimum Gasteiger partial charge on any atom is -0.305 e. The zero-order valence-corrected chi connectivity index (χ0v) is 7.93. The highest BCUT2D eigenvalue weighted by atomic mass is 16.2. The summed E-state index contributed by atoms with van der Waals surface area (Å²) in [6, 6.07) is -0.396. The molecule has 2 amide bonds. The van der Waals surface area contributed by atoms with Gasteiger partial charge in [0.2, 0.25) is 5.95 Å². The zero-order chi connectivity index (χ0) is 10.7. The van der Waals surface area contributed by atoms with Crippen LogP contribution < -0.4 is 10.6 Å². The Morgan fingerprint density at radius 3 is 3.00 bits per heavy atom. The standard InChI is InChI=1S/C7H9N7O/c1-14-4-10-13-6(14)12-7(15)11-5-2-8-9-3-5/h2-4H,1H3,(H,8,9)(H2,11,12,13,15). The van der Waals surface area contributed by atoms with E-state index < -0.39 is 6.03 Å². The third kappa shape index (κ3) is 2.10. The molecule has 0 aliphatic rings. The van der Waals surface area contributed by atoms with Crippen LogP contribution in [-0.2, 0) is 7.05 Å². The summed E-state index contributed by atoms with van der Waals surface area (Å²) >= 11 is 0. The second-order valence-corrected chi connectivity index (χ2v) is 2.83. The molecule has 0 saturated carbocycles. The maximum absolute atomic E-state index is 11.4. The molecule has 78 valence electrons. The number of aryl methyl sites for hydroxylation is 1. The number of aromatic amines is 1. The number of carbonyl (C=O) groups excluding carboxylic acids is 1. The quantitative estimate of drug-likeness (QED) is 0.653. The summed E-state index contributed by atoms with van der Waals surface area (Å²) in [4.78, 5) is 11.4. The van der Waals surface area contributed by atoms with E-state index >= 15 is 0 Å². The Morgan fingerprint density at radius 1 is 1.53 bits per heavy atom. The Balaban J connectivity index is 1.96.